The van der Waals surface area contributed by atoms with Crippen molar-refractivity contribution in [1.29, 1.82) is 0 Å². The van der Waals surface area contributed by atoms with Gasteiger partial charge in [0.25, 0.3) is 0 Å². The zero-order chi connectivity index (χ0) is 15.4. The second-order valence-electron chi connectivity index (χ2n) is 6.45. The van der Waals surface area contributed by atoms with Gasteiger partial charge in [-0.15, -0.1) is 0 Å². The van der Waals surface area contributed by atoms with Crippen molar-refractivity contribution in [3.05, 3.63) is 35.4 Å². The zero-order valence-electron chi connectivity index (χ0n) is 13.8. The largest absolute Gasteiger partial charge is 0.306 e. The Bertz CT molecular complexity index is 469. The van der Waals surface area contributed by atoms with Gasteiger partial charge in [-0.05, 0) is 51.9 Å². The first-order valence-corrected chi connectivity index (χ1v) is 8.03. The third-order valence-electron chi connectivity index (χ3n) is 4.72. The lowest BCUT2D eigenvalue weighted by Gasteiger charge is -2.26. The lowest BCUT2D eigenvalue weighted by molar-refractivity contribution is 0.0853. The number of hydrogen-bond donors (Lipinski definition) is 0. The highest BCUT2D eigenvalue weighted by Crippen LogP contribution is 2.17. The number of hydrogen-bond acceptors (Lipinski definition) is 3. The Balaban J connectivity index is 1.94. The van der Waals surface area contributed by atoms with Crippen LogP contribution >= 0.6 is 0 Å². The van der Waals surface area contributed by atoms with Crippen LogP contribution in [0.4, 0.5) is 0 Å². The molecule has 21 heavy (non-hydrogen) atoms. The van der Waals surface area contributed by atoms with E-state index in [2.05, 4.69) is 43.0 Å². The first-order chi connectivity index (χ1) is 10.0. The third kappa shape index (κ3) is 4.14. The Morgan fingerprint density at radius 2 is 2.05 bits per heavy atom. The number of carbonyl (C=O) groups is 1. The second-order valence-corrected chi connectivity index (χ2v) is 6.45. The minimum Gasteiger partial charge on any atom is -0.306 e. The van der Waals surface area contributed by atoms with Crippen molar-refractivity contribution in [2.75, 3.05) is 33.7 Å². The molecule has 0 aliphatic carbocycles. The van der Waals surface area contributed by atoms with E-state index in [9.17, 15) is 4.79 Å². The first kappa shape index (κ1) is 16.2. The third-order valence-corrected chi connectivity index (χ3v) is 4.72. The Kier molecular flexibility index (Phi) is 5.54. The van der Waals surface area contributed by atoms with Crippen LogP contribution in [0.2, 0.25) is 0 Å². The van der Waals surface area contributed by atoms with Gasteiger partial charge in [0, 0.05) is 18.7 Å². The number of benzene rings is 1. The summed E-state index contributed by atoms with van der Waals surface area (Å²) in [5.74, 6) is 0.921. The molecule has 3 heteroatoms. The highest BCUT2D eigenvalue weighted by atomic mass is 16.1. The molecule has 0 aromatic heterocycles. The molecule has 1 aromatic rings. The SMILES string of the molecule is CCc1ccc(C(=O)C(C)N(C)CC2CCN(C)C2)cc1. The summed E-state index contributed by atoms with van der Waals surface area (Å²) in [7, 11) is 4.24. The fourth-order valence-corrected chi connectivity index (χ4v) is 3.09. The van der Waals surface area contributed by atoms with Gasteiger partial charge in [-0.1, -0.05) is 31.2 Å². The average molecular weight is 288 g/mol. The predicted octanol–water partition coefficient (Wildman–Crippen LogP) is 2.70. The van der Waals surface area contributed by atoms with Crippen LogP contribution in [-0.4, -0.2) is 55.4 Å². The Morgan fingerprint density at radius 1 is 1.38 bits per heavy atom. The van der Waals surface area contributed by atoms with Gasteiger partial charge in [0.15, 0.2) is 5.78 Å². The van der Waals surface area contributed by atoms with E-state index < -0.39 is 0 Å². The Hall–Kier alpha value is -1.19. The summed E-state index contributed by atoms with van der Waals surface area (Å²) in [4.78, 5) is 17.1. The number of aryl methyl sites for hydroxylation is 1. The summed E-state index contributed by atoms with van der Waals surface area (Å²) >= 11 is 0. The van der Waals surface area contributed by atoms with Gasteiger partial charge in [-0.2, -0.15) is 0 Å². The molecule has 0 radical (unpaired) electrons. The van der Waals surface area contributed by atoms with E-state index in [0.717, 1.165) is 25.1 Å². The molecule has 2 unspecified atom stereocenters. The molecule has 0 saturated carbocycles. The van der Waals surface area contributed by atoms with Crippen LogP contribution in [0.5, 0.6) is 0 Å². The highest BCUT2D eigenvalue weighted by Gasteiger charge is 2.25. The van der Waals surface area contributed by atoms with Crippen molar-refractivity contribution < 1.29 is 4.79 Å². The fraction of sp³-hybridized carbons (Fsp3) is 0.611. The minimum absolute atomic E-state index is 0.0524. The van der Waals surface area contributed by atoms with Crippen LogP contribution in [0.15, 0.2) is 24.3 Å². The van der Waals surface area contributed by atoms with Gasteiger partial charge >= 0.3 is 0 Å². The quantitative estimate of drug-likeness (QED) is 0.752. The summed E-state index contributed by atoms with van der Waals surface area (Å²) in [5, 5.41) is 0. The van der Waals surface area contributed by atoms with Crippen molar-refractivity contribution in [3.63, 3.8) is 0 Å². The van der Waals surface area contributed by atoms with Crippen LogP contribution < -0.4 is 0 Å². The maximum Gasteiger partial charge on any atom is 0.179 e. The Morgan fingerprint density at radius 3 is 2.57 bits per heavy atom. The lowest BCUT2D eigenvalue weighted by atomic mass is 10.0. The van der Waals surface area contributed by atoms with Gasteiger partial charge in [0.05, 0.1) is 6.04 Å². The molecule has 0 bridgehead atoms. The molecule has 0 amide bonds. The monoisotopic (exact) mass is 288 g/mol. The number of carbonyl (C=O) groups excluding carboxylic acids is 1. The molecule has 3 nitrogen and oxygen atoms in total. The molecule has 0 N–H and O–H groups in total. The van der Waals surface area contributed by atoms with Gasteiger partial charge in [0.1, 0.15) is 0 Å². The molecule has 2 rings (SSSR count). The molecular formula is C18H28N2O. The number of ketones is 1. The van der Waals surface area contributed by atoms with Gasteiger partial charge < -0.3 is 4.90 Å². The van der Waals surface area contributed by atoms with E-state index >= 15 is 0 Å². The van der Waals surface area contributed by atoms with Crippen molar-refractivity contribution in [1.82, 2.24) is 9.80 Å². The summed E-state index contributed by atoms with van der Waals surface area (Å²) < 4.78 is 0. The van der Waals surface area contributed by atoms with E-state index in [0.29, 0.717) is 5.92 Å². The average Bonchev–Trinajstić information content (AvgIpc) is 2.90. The zero-order valence-corrected chi connectivity index (χ0v) is 13.8. The molecule has 1 saturated heterocycles. The maximum absolute atomic E-state index is 12.6. The topological polar surface area (TPSA) is 23.6 Å². The lowest BCUT2D eigenvalue weighted by Crippen LogP contribution is -2.39. The van der Waals surface area contributed by atoms with E-state index in [1.54, 1.807) is 0 Å². The molecule has 0 spiro atoms. The minimum atomic E-state index is -0.0524. The van der Waals surface area contributed by atoms with E-state index in [-0.39, 0.29) is 11.8 Å². The number of likely N-dealkylation sites (N-methyl/N-ethyl adjacent to an activating group) is 1. The summed E-state index contributed by atoms with van der Waals surface area (Å²) in [5.41, 5.74) is 2.11. The van der Waals surface area contributed by atoms with Gasteiger partial charge in [0.2, 0.25) is 0 Å². The van der Waals surface area contributed by atoms with Crippen LogP contribution in [0.1, 0.15) is 36.2 Å². The second kappa shape index (κ2) is 7.19. The molecule has 1 aliphatic heterocycles. The smallest absolute Gasteiger partial charge is 0.179 e. The molecular weight excluding hydrogens is 260 g/mol. The van der Waals surface area contributed by atoms with Crippen molar-refractivity contribution in [2.24, 2.45) is 5.92 Å². The molecule has 1 aromatic carbocycles. The molecule has 116 valence electrons. The molecule has 2 atom stereocenters. The number of Topliss-reactive ketones (excluding diaryl/α,β-unsaturated/α-hetero) is 1. The van der Waals surface area contributed by atoms with Crippen molar-refractivity contribution in [2.45, 2.75) is 32.7 Å². The highest BCUT2D eigenvalue weighted by molar-refractivity contribution is 5.99. The van der Waals surface area contributed by atoms with E-state index in [1.807, 2.05) is 19.1 Å². The van der Waals surface area contributed by atoms with Crippen LogP contribution in [0.3, 0.4) is 0 Å². The van der Waals surface area contributed by atoms with Crippen LogP contribution in [0.25, 0.3) is 0 Å². The fourth-order valence-electron chi connectivity index (χ4n) is 3.09. The number of nitrogens with zero attached hydrogens (tertiary/aromatic N) is 2. The summed E-state index contributed by atoms with van der Waals surface area (Å²) in [6.45, 7) is 7.49. The van der Waals surface area contributed by atoms with Crippen LogP contribution in [-0.2, 0) is 6.42 Å². The normalized spacial score (nSPS) is 20.9. The first-order valence-electron chi connectivity index (χ1n) is 8.03. The number of likely N-dealkylation sites (tertiary alicyclic amines) is 1. The summed E-state index contributed by atoms with van der Waals surface area (Å²) in [6.07, 6.45) is 2.26. The Labute approximate surface area is 128 Å². The molecule has 1 heterocycles. The number of rotatable bonds is 6. The molecule has 1 aliphatic rings. The standard InChI is InChI=1S/C18H28N2O/c1-5-15-6-8-17(9-7-15)18(21)14(2)20(4)13-16-10-11-19(3)12-16/h6-9,14,16H,5,10-13H2,1-4H3. The van der Waals surface area contributed by atoms with E-state index in [4.69, 9.17) is 0 Å². The van der Waals surface area contributed by atoms with Crippen LogP contribution in [0, 0.1) is 5.92 Å². The van der Waals surface area contributed by atoms with Crippen molar-refractivity contribution >= 4 is 5.78 Å². The van der Waals surface area contributed by atoms with Gasteiger partial charge in [-0.25, -0.2) is 0 Å². The predicted molar refractivity (Wildman–Crippen MR) is 87.8 cm³/mol. The molecule has 1 fully saturated rings. The summed E-state index contributed by atoms with van der Waals surface area (Å²) in [6, 6.07) is 8.00. The van der Waals surface area contributed by atoms with Gasteiger partial charge in [-0.3, -0.25) is 9.69 Å². The maximum atomic E-state index is 12.6. The van der Waals surface area contributed by atoms with Crippen molar-refractivity contribution in [3.8, 4) is 0 Å². The van der Waals surface area contributed by atoms with E-state index in [1.165, 1.54) is 18.5 Å².